The molecule has 3 unspecified atom stereocenters. The summed E-state index contributed by atoms with van der Waals surface area (Å²) in [5.41, 5.74) is 1.47. The molecule has 0 aromatic heterocycles. The molecule has 0 spiro atoms. The number of benzene rings is 1. The molecule has 168 valence electrons. The van der Waals surface area contributed by atoms with Crippen LogP contribution in [0.5, 0.6) is 0 Å². The van der Waals surface area contributed by atoms with E-state index in [4.69, 9.17) is 14.5 Å². The van der Waals surface area contributed by atoms with Crippen LogP contribution in [-0.2, 0) is 9.47 Å². The second-order valence-electron chi connectivity index (χ2n) is 8.72. The average molecular weight is 527 g/mol. The van der Waals surface area contributed by atoms with Crippen LogP contribution in [0, 0.1) is 5.92 Å². The van der Waals surface area contributed by atoms with Gasteiger partial charge in [-0.3, -0.25) is 4.99 Å². The maximum absolute atomic E-state index is 6.17. The monoisotopic (exact) mass is 527 g/mol. The van der Waals surface area contributed by atoms with Gasteiger partial charge in [0.25, 0.3) is 0 Å². The Labute approximate surface area is 199 Å². The molecule has 1 aromatic rings. The SMILES string of the molecule is CCNC(=NCC1CC1c1ccccc1)N1CCC(OCC2CCCCO2)CC1.I. The van der Waals surface area contributed by atoms with E-state index in [0.29, 0.717) is 24.0 Å². The first-order valence-electron chi connectivity index (χ1n) is 11.6. The summed E-state index contributed by atoms with van der Waals surface area (Å²) < 4.78 is 12.0. The number of guanidine groups is 1. The summed E-state index contributed by atoms with van der Waals surface area (Å²) in [6, 6.07) is 10.9. The smallest absolute Gasteiger partial charge is 0.193 e. The number of likely N-dealkylation sites (tertiary alicyclic amines) is 1. The van der Waals surface area contributed by atoms with Gasteiger partial charge in [-0.2, -0.15) is 0 Å². The first kappa shape index (κ1) is 23.8. The summed E-state index contributed by atoms with van der Waals surface area (Å²) in [4.78, 5) is 7.41. The van der Waals surface area contributed by atoms with Crippen LogP contribution in [0.1, 0.15) is 56.9 Å². The van der Waals surface area contributed by atoms with E-state index in [1.807, 2.05) is 0 Å². The van der Waals surface area contributed by atoms with Crippen LogP contribution in [0.15, 0.2) is 35.3 Å². The molecule has 1 saturated carbocycles. The van der Waals surface area contributed by atoms with Gasteiger partial charge >= 0.3 is 0 Å². The Kier molecular flexibility index (Phi) is 9.71. The molecular formula is C24H38IN3O2. The fourth-order valence-corrected chi connectivity index (χ4v) is 4.60. The number of hydrogen-bond acceptors (Lipinski definition) is 3. The van der Waals surface area contributed by atoms with Crippen molar-refractivity contribution in [1.29, 1.82) is 0 Å². The van der Waals surface area contributed by atoms with Crippen molar-refractivity contribution in [1.82, 2.24) is 10.2 Å². The lowest BCUT2D eigenvalue weighted by Crippen LogP contribution is -2.47. The van der Waals surface area contributed by atoms with Gasteiger partial charge in [-0.15, -0.1) is 24.0 Å². The van der Waals surface area contributed by atoms with E-state index >= 15 is 0 Å². The number of nitrogens with zero attached hydrogens (tertiary/aromatic N) is 2. The molecule has 1 N–H and O–H groups in total. The molecule has 4 rings (SSSR count). The maximum Gasteiger partial charge on any atom is 0.193 e. The van der Waals surface area contributed by atoms with Gasteiger partial charge in [-0.25, -0.2) is 0 Å². The molecule has 2 aliphatic heterocycles. The largest absolute Gasteiger partial charge is 0.376 e. The molecule has 30 heavy (non-hydrogen) atoms. The minimum Gasteiger partial charge on any atom is -0.376 e. The Bertz CT molecular complexity index is 643. The molecule has 0 radical (unpaired) electrons. The van der Waals surface area contributed by atoms with Gasteiger partial charge in [0.05, 0.1) is 18.8 Å². The Morgan fingerprint density at radius 2 is 1.97 bits per heavy atom. The number of nitrogens with one attached hydrogen (secondary N) is 1. The third kappa shape index (κ3) is 6.82. The fraction of sp³-hybridized carbons (Fsp3) is 0.708. The van der Waals surface area contributed by atoms with Crippen LogP contribution >= 0.6 is 24.0 Å². The highest BCUT2D eigenvalue weighted by molar-refractivity contribution is 14.0. The van der Waals surface area contributed by atoms with Gasteiger partial charge in [0.15, 0.2) is 5.96 Å². The zero-order chi connectivity index (χ0) is 19.9. The number of hydrogen-bond donors (Lipinski definition) is 1. The summed E-state index contributed by atoms with van der Waals surface area (Å²) in [6.07, 6.45) is 7.74. The number of ether oxygens (including phenoxy) is 2. The molecule has 6 heteroatoms. The lowest BCUT2D eigenvalue weighted by Gasteiger charge is -2.35. The van der Waals surface area contributed by atoms with Crippen molar-refractivity contribution in [2.24, 2.45) is 10.9 Å². The third-order valence-electron chi connectivity index (χ3n) is 6.49. The molecule has 1 aliphatic carbocycles. The highest BCUT2D eigenvalue weighted by atomic mass is 127. The third-order valence-corrected chi connectivity index (χ3v) is 6.49. The fourth-order valence-electron chi connectivity index (χ4n) is 4.60. The molecule has 1 aromatic carbocycles. The summed E-state index contributed by atoms with van der Waals surface area (Å²) in [5, 5.41) is 3.50. The van der Waals surface area contributed by atoms with Gasteiger partial charge in [-0.1, -0.05) is 30.3 Å². The molecule has 2 heterocycles. The van der Waals surface area contributed by atoms with Crippen molar-refractivity contribution in [3.05, 3.63) is 35.9 Å². The zero-order valence-electron chi connectivity index (χ0n) is 18.3. The van der Waals surface area contributed by atoms with E-state index in [9.17, 15) is 0 Å². The van der Waals surface area contributed by atoms with Crippen molar-refractivity contribution < 1.29 is 9.47 Å². The van der Waals surface area contributed by atoms with E-state index in [-0.39, 0.29) is 24.0 Å². The van der Waals surface area contributed by atoms with Crippen LogP contribution in [0.25, 0.3) is 0 Å². The highest BCUT2D eigenvalue weighted by Gasteiger charge is 2.38. The van der Waals surface area contributed by atoms with E-state index in [2.05, 4.69) is 47.5 Å². The average Bonchev–Trinajstić information content (AvgIpc) is 3.57. The number of rotatable bonds is 7. The molecular weight excluding hydrogens is 489 g/mol. The second kappa shape index (κ2) is 12.2. The van der Waals surface area contributed by atoms with Gasteiger partial charge in [0, 0.05) is 32.8 Å². The Morgan fingerprint density at radius 1 is 1.17 bits per heavy atom. The number of aliphatic imine (C=N–C) groups is 1. The van der Waals surface area contributed by atoms with Crippen molar-refractivity contribution in [2.45, 2.75) is 63.6 Å². The first-order valence-corrected chi connectivity index (χ1v) is 11.6. The van der Waals surface area contributed by atoms with Crippen molar-refractivity contribution in [2.75, 3.05) is 39.4 Å². The summed E-state index contributed by atoms with van der Waals surface area (Å²) in [5.74, 6) is 2.48. The van der Waals surface area contributed by atoms with E-state index in [1.54, 1.807) is 0 Å². The molecule has 2 saturated heterocycles. The van der Waals surface area contributed by atoms with Crippen molar-refractivity contribution in [3.63, 3.8) is 0 Å². The predicted octanol–water partition coefficient (Wildman–Crippen LogP) is 4.42. The van der Waals surface area contributed by atoms with Crippen LogP contribution in [0.2, 0.25) is 0 Å². The van der Waals surface area contributed by atoms with Crippen molar-refractivity contribution >= 4 is 29.9 Å². The molecule has 5 nitrogen and oxygen atoms in total. The molecule has 3 fully saturated rings. The second-order valence-corrected chi connectivity index (χ2v) is 8.72. The van der Waals surface area contributed by atoms with E-state index < -0.39 is 0 Å². The summed E-state index contributed by atoms with van der Waals surface area (Å²) in [7, 11) is 0. The standard InChI is InChI=1S/C24H37N3O2.HI/c1-2-25-24(26-17-20-16-23(20)19-8-4-3-5-9-19)27-13-11-21(12-14-27)29-18-22-10-6-7-15-28-22;/h3-5,8-9,20-23H,2,6-7,10-18H2,1H3,(H,25,26);1H. The van der Waals surface area contributed by atoms with E-state index in [0.717, 1.165) is 64.6 Å². The zero-order valence-corrected chi connectivity index (χ0v) is 20.6. The summed E-state index contributed by atoms with van der Waals surface area (Å²) in [6.45, 7) is 7.71. The van der Waals surface area contributed by atoms with Gasteiger partial charge in [0.1, 0.15) is 0 Å². The Balaban J connectivity index is 0.00000256. The number of halogens is 1. The highest BCUT2D eigenvalue weighted by Crippen LogP contribution is 2.47. The molecule has 0 bridgehead atoms. The maximum atomic E-state index is 6.17. The van der Waals surface area contributed by atoms with Crippen molar-refractivity contribution in [3.8, 4) is 0 Å². The normalized spacial score (nSPS) is 27.4. The molecule has 0 amide bonds. The van der Waals surface area contributed by atoms with Gasteiger partial charge < -0.3 is 19.7 Å². The Morgan fingerprint density at radius 3 is 2.67 bits per heavy atom. The van der Waals surface area contributed by atoms with Crippen LogP contribution in [0.3, 0.4) is 0 Å². The van der Waals surface area contributed by atoms with Crippen LogP contribution in [0.4, 0.5) is 0 Å². The predicted molar refractivity (Wildman–Crippen MR) is 133 cm³/mol. The van der Waals surface area contributed by atoms with Crippen LogP contribution in [-0.4, -0.2) is 62.5 Å². The topological polar surface area (TPSA) is 46.1 Å². The van der Waals surface area contributed by atoms with E-state index in [1.165, 1.54) is 24.8 Å². The Hall–Kier alpha value is -0.860. The van der Waals surface area contributed by atoms with Crippen LogP contribution < -0.4 is 5.32 Å². The number of piperidine rings is 1. The molecule has 3 aliphatic rings. The van der Waals surface area contributed by atoms with Gasteiger partial charge in [0.2, 0.25) is 0 Å². The minimum absolute atomic E-state index is 0. The summed E-state index contributed by atoms with van der Waals surface area (Å²) >= 11 is 0. The quantitative estimate of drug-likeness (QED) is 0.324. The first-order chi connectivity index (χ1) is 14.3. The molecule has 3 atom stereocenters. The lowest BCUT2D eigenvalue weighted by atomic mass is 10.1. The lowest BCUT2D eigenvalue weighted by molar-refractivity contribution is -0.0721. The van der Waals surface area contributed by atoms with Gasteiger partial charge in [-0.05, 0) is 62.8 Å². The minimum atomic E-state index is 0.